The van der Waals surface area contributed by atoms with E-state index >= 15 is 0 Å². The van der Waals surface area contributed by atoms with Gasteiger partial charge < -0.3 is 34.5 Å². The number of piperazine rings is 1. The predicted octanol–water partition coefficient (Wildman–Crippen LogP) is 10.3. The first-order valence-corrected chi connectivity index (χ1v) is 29.2. The third kappa shape index (κ3) is 11.9. The van der Waals surface area contributed by atoms with Gasteiger partial charge in [0.05, 0.1) is 47.1 Å². The summed E-state index contributed by atoms with van der Waals surface area (Å²) < 4.78 is 62.7. The lowest BCUT2D eigenvalue weighted by Crippen LogP contribution is -2.60. The number of methoxy groups -OCH3 is 1. The molecule has 5 fully saturated rings. The molecule has 3 aromatic heterocycles. The van der Waals surface area contributed by atoms with E-state index in [-0.39, 0.29) is 45.6 Å². The predicted molar refractivity (Wildman–Crippen MR) is 298 cm³/mol. The Hall–Kier alpha value is -6.87. The van der Waals surface area contributed by atoms with E-state index < -0.39 is 42.9 Å². The van der Waals surface area contributed by atoms with Gasteiger partial charge in [-0.05, 0) is 135 Å². The van der Waals surface area contributed by atoms with Gasteiger partial charge in [-0.25, -0.2) is 27.5 Å². The number of halogens is 1. The number of sulfonamides is 1. The number of nitrogens with zero attached hydrogens (tertiary/aromatic N) is 6. The maximum Gasteiger partial charge on any atom is 0.312 e. The summed E-state index contributed by atoms with van der Waals surface area (Å²) >= 11 is 0. The van der Waals surface area contributed by atoms with Crippen LogP contribution in [0.1, 0.15) is 124 Å². The molecule has 2 aliphatic heterocycles. The van der Waals surface area contributed by atoms with Crippen molar-refractivity contribution in [3.63, 3.8) is 0 Å². The highest BCUT2D eigenvalue weighted by molar-refractivity contribution is 7.90. The summed E-state index contributed by atoms with van der Waals surface area (Å²) in [6, 6.07) is 23.2. The molecule has 0 unspecified atom stereocenters. The highest BCUT2D eigenvalue weighted by Crippen LogP contribution is 2.54. The molecule has 20 heteroatoms. The smallest absolute Gasteiger partial charge is 0.312 e. The summed E-state index contributed by atoms with van der Waals surface area (Å²) in [6.07, 6.45) is 12.7. The number of pyridine rings is 2. The second-order valence-electron chi connectivity index (χ2n) is 23.2. The second kappa shape index (κ2) is 22.0. The molecule has 1 atom stereocenters. The molecule has 1 spiro atoms. The van der Waals surface area contributed by atoms with Gasteiger partial charge >= 0.3 is 5.69 Å². The molecule has 3 aromatic carbocycles. The lowest BCUT2D eigenvalue weighted by Gasteiger charge is -2.58. The Morgan fingerprint density at radius 3 is 2.44 bits per heavy atom. The Balaban J connectivity index is 0.779. The fourth-order valence-corrected chi connectivity index (χ4v) is 13.3. The minimum atomic E-state index is -4.71. The zero-order valence-corrected chi connectivity index (χ0v) is 46.1. The number of hydrogen-bond donors (Lipinski definition) is 4. The SMILES string of the molecule is COc1cc(CN2CCN(C3CC4(CCN(c5ccc(C(=O)NS(=O)(=O)c6cnc(NCC7CCC(C)(O)CC7)c([N+](=O)[O-])c6)c(Oc6cnc7[nH]cc(F)c7c6)c5)CC4)C3)[C@H](c3ccccc3C(C)C)C2)ccc1OC1CC1. The number of aliphatic hydroxyl groups is 1. The number of nitro groups is 1. The summed E-state index contributed by atoms with van der Waals surface area (Å²) in [5.74, 6) is 0.523. The molecule has 3 saturated carbocycles. The zero-order valence-electron chi connectivity index (χ0n) is 45.3. The molecule has 3 aliphatic carbocycles. The second-order valence-corrected chi connectivity index (χ2v) is 24.8. The zero-order chi connectivity index (χ0) is 55.2. The normalized spacial score (nSPS) is 21.9. The van der Waals surface area contributed by atoms with Gasteiger partial charge in [0.15, 0.2) is 11.5 Å². The Morgan fingerprint density at radius 1 is 0.937 bits per heavy atom. The third-order valence-electron chi connectivity index (χ3n) is 17.1. The quantitative estimate of drug-likeness (QED) is 0.0465. The van der Waals surface area contributed by atoms with Gasteiger partial charge in [-0.2, -0.15) is 0 Å². The number of carbonyl (C=O) groups excluding carboxylic acids is 1. The molecule has 0 bridgehead atoms. The summed E-state index contributed by atoms with van der Waals surface area (Å²) in [5.41, 5.74) is 3.76. The van der Waals surface area contributed by atoms with Crippen molar-refractivity contribution < 1.29 is 41.8 Å². The van der Waals surface area contributed by atoms with Crippen LogP contribution in [0.5, 0.6) is 23.0 Å². The first-order valence-electron chi connectivity index (χ1n) is 27.7. The van der Waals surface area contributed by atoms with Crippen LogP contribution in [0, 0.1) is 27.3 Å². The van der Waals surface area contributed by atoms with Crippen LogP contribution in [0.2, 0.25) is 0 Å². The van der Waals surface area contributed by atoms with Crippen molar-refractivity contribution in [1.82, 2.24) is 29.5 Å². The van der Waals surface area contributed by atoms with Gasteiger partial charge in [0.25, 0.3) is 15.9 Å². The first-order chi connectivity index (χ1) is 37.9. The summed E-state index contributed by atoms with van der Waals surface area (Å²) in [5, 5.41) is 25.7. The fraction of sp³-hybridized carbons (Fsp3) is 0.475. The van der Waals surface area contributed by atoms with Gasteiger partial charge in [-0.15, -0.1) is 0 Å². The average Bonchev–Trinajstić information content (AvgIpc) is 4.19. The topological polar surface area (TPSA) is 218 Å². The van der Waals surface area contributed by atoms with Crippen molar-refractivity contribution in [2.45, 2.75) is 126 Å². The molecule has 0 radical (unpaired) electrons. The number of rotatable bonds is 18. The highest BCUT2D eigenvalue weighted by atomic mass is 32.2. The van der Waals surface area contributed by atoms with E-state index in [1.807, 2.05) is 0 Å². The van der Waals surface area contributed by atoms with Crippen LogP contribution in [-0.4, -0.2) is 113 Å². The van der Waals surface area contributed by atoms with Crippen molar-refractivity contribution >= 4 is 44.2 Å². The Bertz CT molecular complexity index is 3340. The first kappa shape index (κ1) is 54.1. The number of nitrogens with one attached hydrogen (secondary N) is 3. The summed E-state index contributed by atoms with van der Waals surface area (Å²) in [7, 11) is -3.01. The lowest BCUT2D eigenvalue weighted by molar-refractivity contribution is -0.384. The molecular weight excluding hydrogens is 1030 g/mol. The van der Waals surface area contributed by atoms with Crippen molar-refractivity contribution in [2.75, 3.05) is 56.6 Å². The molecule has 6 aromatic rings. The van der Waals surface area contributed by atoms with Crippen LogP contribution < -0.4 is 29.1 Å². The van der Waals surface area contributed by atoms with E-state index in [1.54, 1.807) is 26.2 Å². The molecule has 1 amide bonds. The number of piperidine rings is 1. The van der Waals surface area contributed by atoms with Gasteiger partial charge in [0.2, 0.25) is 5.82 Å². The number of H-pyrrole nitrogens is 1. The number of benzene rings is 3. The van der Waals surface area contributed by atoms with Gasteiger partial charge in [-0.1, -0.05) is 44.2 Å². The monoisotopic (exact) mass is 1100 g/mol. The van der Waals surface area contributed by atoms with E-state index in [2.05, 4.69) is 96.0 Å². The number of hydrogen-bond acceptors (Lipinski definition) is 15. The van der Waals surface area contributed by atoms with Gasteiger partial charge in [0, 0.05) is 81.9 Å². The van der Waals surface area contributed by atoms with Gasteiger partial charge in [-0.3, -0.25) is 24.7 Å². The van der Waals surface area contributed by atoms with Crippen LogP contribution in [0.3, 0.4) is 0 Å². The largest absolute Gasteiger partial charge is 0.493 e. The van der Waals surface area contributed by atoms with Crippen molar-refractivity contribution in [3.8, 4) is 23.0 Å². The van der Waals surface area contributed by atoms with Crippen molar-refractivity contribution in [3.05, 3.63) is 130 Å². The standard InChI is InChI=1S/C59H70FN9O9S/c1-37(2)45-7-5-6-8-46(45)51-36-66(35-39-9-14-52(54(25-39)76-4)77-42-11-12-42)23-24-68(51)41-29-59(30-41)19-21-67(22-20-59)40-10-13-47(53(26-40)78-43-27-48-49(60)34-64-55(48)62-32-43)57(70)65-79(74,75)44-28-50(69(72)73)56(63-33-44)61-31-38-15-17-58(3,71)18-16-38/h5-10,13-14,25-28,32-34,37-38,41-42,51,71H,11-12,15-24,29-31,35-36H2,1-4H3,(H,61,63)(H,62,64)(H,65,70)/t38?,51-,58?/m0/s1. The maximum atomic E-state index is 14.8. The molecule has 18 nitrogen and oxygen atoms in total. The molecule has 79 heavy (non-hydrogen) atoms. The van der Waals surface area contributed by atoms with Crippen LogP contribution in [0.25, 0.3) is 11.0 Å². The lowest BCUT2D eigenvalue weighted by atomic mass is 9.59. The van der Waals surface area contributed by atoms with Crippen LogP contribution in [-0.2, 0) is 16.6 Å². The third-order valence-corrected chi connectivity index (χ3v) is 18.4. The molecule has 11 rings (SSSR count). The number of aromatic nitrogens is 3. The number of aromatic amines is 1. The summed E-state index contributed by atoms with van der Waals surface area (Å²) in [6.45, 7) is 11.8. The average molecular weight is 1100 g/mol. The molecule has 4 N–H and O–H groups in total. The van der Waals surface area contributed by atoms with E-state index in [9.17, 15) is 32.8 Å². The Kier molecular flexibility index (Phi) is 15.1. The molecule has 418 valence electrons. The Morgan fingerprint density at radius 2 is 1.71 bits per heavy atom. The Labute approximate surface area is 460 Å². The van der Waals surface area contributed by atoms with Crippen molar-refractivity contribution in [1.29, 1.82) is 0 Å². The van der Waals surface area contributed by atoms with Crippen molar-refractivity contribution in [2.24, 2.45) is 11.3 Å². The maximum absolute atomic E-state index is 14.8. The number of carbonyl (C=O) groups is 1. The number of ether oxygens (including phenoxy) is 3. The molecular formula is C59H70FN9O9S. The van der Waals surface area contributed by atoms with E-state index in [0.29, 0.717) is 55.9 Å². The van der Waals surface area contributed by atoms with Gasteiger partial charge in [0.1, 0.15) is 27.9 Å². The summed E-state index contributed by atoms with van der Waals surface area (Å²) in [4.78, 5) is 43.8. The number of fused-ring (bicyclic) bond motifs is 1. The number of anilines is 2. The number of amides is 1. The van der Waals surface area contributed by atoms with Crippen LogP contribution >= 0.6 is 0 Å². The van der Waals surface area contributed by atoms with E-state index in [0.717, 1.165) is 107 Å². The van der Waals surface area contributed by atoms with Crippen LogP contribution in [0.15, 0.2) is 96.3 Å². The molecule has 5 aliphatic rings. The molecule has 5 heterocycles. The van der Waals surface area contributed by atoms with Crippen LogP contribution in [0.4, 0.5) is 21.6 Å². The van der Waals surface area contributed by atoms with E-state index in [4.69, 9.17) is 14.2 Å². The molecule has 2 saturated heterocycles. The minimum Gasteiger partial charge on any atom is -0.493 e. The van der Waals surface area contributed by atoms with E-state index in [1.165, 1.54) is 41.2 Å². The fourth-order valence-electron chi connectivity index (χ4n) is 12.4. The highest BCUT2D eigenvalue weighted by Gasteiger charge is 2.50. The minimum absolute atomic E-state index is 0.00442.